The van der Waals surface area contributed by atoms with Crippen molar-refractivity contribution in [1.82, 2.24) is 0 Å². The Hall–Kier alpha value is -1.98. The maximum Gasteiger partial charge on any atom is 0.196 e. The molecule has 170 valence electrons. The van der Waals surface area contributed by atoms with Crippen LogP contribution in [0.5, 0.6) is 5.75 Å². The summed E-state index contributed by atoms with van der Waals surface area (Å²) in [5.41, 5.74) is -0.566. The maximum absolute atomic E-state index is 13.8. The number of carbonyl (C=O) groups excluding carboxylic acids is 2. The van der Waals surface area contributed by atoms with E-state index in [0.717, 1.165) is 24.8 Å². The van der Waals surface area contributed by atoms with Gasteiger partial charge in [-0.2, -0.15) is 0 Å². The molecule has 2 unspecified atom stereocenters. The van der Waals surface area contributed by atoms with E-state index in [2.05, 4.69) is 13.8 Å². The predicted octanol–water partition coefficient (Wildman–Crippen LogP) is 3.88. The van der Waals surface area contributed by atoms with Gasteiger partial charge < -0.3 is 14.6 Å². The number of benzene rings is 1. The van der Waals surface area contributed by atoms with Gasteiger partial charge in [0, 0.05) is 29.6 Å². The van der Waals surface area contributed by atoms with Gasteiger partial charge in [-0.25, -0.2) is 0 Å². The van der Waals surface area contributed by atoms with Crippen molar-refractivity contribution in [3.8, 4) is 5.75 Å². The second-order valence-corrected chi connectivity index (χ2v) is 11.2. The number of ketones is 2. The van der Waals surface area contributed by atoms with Gasteiger partial charge in [0.1, 0.15) is 17.6 Å². The van der Waals surface area contributed by atoms with E-state index in [1.54, 1.807) is 6.08 Å². The Morgan fingerprint density at radius 3 is 2.59 bits per heavy atom. The number of aliphatic hydroxyl groups is 1. The average molecular weight is 437 g/mol. The van der Waals surface area contributed by atoms with Crippen molar-refractivity contribution in [2.24, 2.45) is 28.6 Å². The van der Waals surface area contributed by atoms with Gasteiger partial charge in [-0.3, -0.25) is 9.59 Å². The number of hydrogen-bond donors (Lipinski definition) is 1. The van der Waals surface area contributed by atoms with E-state index in [9.17, 15) is 14.7 Å². The SMILES string of the molecule is C[C@]12CC(Oc3ccccc3)C(=O)C=C1CC[C@@H]1[C@@H]2C(=O)C[C@@]2(C)[C@H]1CC[C@]2(O)C1CO1. The van der Waals surface area contributed by atoms with E-state index in [4.69, 9.17) is 9.47 Å². The maximum atomic E-state index is 13.8. The lowest BCUT2D eigenvalue weighted by Crippen LogP contribution is -2.60. The summed E-state index contributed by atoms with van der Waals surface area (Å²) in [4.78, 5) is 26.7. The van der Waals surface area contributed by atoms with Crippen LogP contribution in [0.25, 0.3) is 0 Å². The first-order valence-corrected chi connectivity index (χ1v) is 12.1. The number of para-hydroxylation sites is 1. The molecule has 5 aliphatic rings. The lowest BCUT2D eigenvalue weighted by atomic mass is 9.45. The first kappa shape index (κ1) is 20.6. The molecule has 0 radical (unpaired) electrons. The third kappa shape index (κ3) is 2.70. The summed E-state index contributed by atoms with van der Waals surface area (Å²) in [5.74, 6) is 1.37. The molecule has 1 heterocycles. The van der Waals surface area contributed by atoms with Crippen molar-refractivity contribution in [2.75, 3.05) is 6.61 Å². The van der Waals surface area contributed by atoms with Gasteiger partial charge in [0.05, 0.1) is 12.2 Å². The highest BCUT2D eigenvalue weighted by Gasteiger charge is 2.70. The first-order valence-electron chi connectivity index (χ1n) is 12.1. The molecule has 1 saturated heterocycles. The molecule has 1 aliphatic heterocycles. The largest absolute Gasteiger partial charge is 0.482 e. The minimum atomic E-state index is -0.892. The lowest BCUT2D eigenvalue weighted by Gasteiger charge is -2.58. The summed E-state index contributed by atoms with van der Waals surface area (Å²) < 4.78 is 11.7. The Morgan fingerprint density at radius 1 is 1.12 bits per heavy atom. The van der Waals surface area contributed by atoms with Crippen LogP contribution in [0, 0.1) is 28.6 Å². The van der Waals surface area contributed by atoms with Crippen LogP contribution >= 0.6 is 0 Å². The smallest absolute Gasteiger partial charge is 0.196 e. The fourth-order valence-corrected chi connectivity index (χ4v) is 8.08. The van der Waals surface area contributed by atoms with Crippen molar-refractivity contribution < 1.29 is 24.2 Å². The summed E-state index contributed by atoms with van der Waals surface area (Å²) in [6.45, 7) is 4.90. The van der Waals surface area contributed by atoms with Gasteiger partial charge in [-0.05, 0) is 55.7 Å². The second-order valence-electron chi connectivity index (χ2n) is 11.2. The molecular weight excluding hydrogens is 404 g/mol. The van der Waals surface area contributed by atoms with E-state index in [0.29, 0.717) is 37.5 Å². The van der Waals surface area contributed by atoms with Crippen molar-refractivity contribution in [3.63, 3.8) is 0 Å². The molecule has 3 saturated carbocycles. The Morgan fingerprint density at radius 2 is 1.88 bits per heavy atom. The Kier molecular flexibility index (Phi) is 4.36. The van der Waals surface area contributed by atoms with Gasteiger partial charge in [0.15, 0.2) is 11.9 Å². The molecular formula is C27H32O5. The number of ether oxygens (including phenoxy) is 2. The summed E-state index contributed by atoms with van der Waals surface area (Å²) in [6, 6.07) is 9.47. The van der Waals surface area contributed by atoms with Crippen molar-refractivity contribution in [3.05, 3.63) is 42.0 Å². The fourth-order valence-electron chi connectivity index (χ4n) is 8.08. The molecule has 4 aliphatic carbocycles. The topological polar surface area (TPSA) is 76.1 Å². The van der Waals surface area contributed by atoms with E-state index < -0.39 is 17.1 Å². The van der Waals surface area contributed by atoms with Crippen molar-refractivity contribution in [1.29, 1.82) is 0 Å². The molecule has 1 aromatic rings. The molecule has 0 amide bonds. The zero-order valence-electron chi connectivity index (χ0n) is 18.9. The predicted molar refractivity (Wildman–Crippen MR) is 118 cm³/mol. The monoisotopic (exact) mass is 436 g/mol. The molecule has 32 heavy (non-hydrogen) atoms. The third-order valence-corrected chi connectivity index (χ3v) is 9.77. The minimum Gasteiger partial charge on any atom is -0.482 e. The molecule has 5 heteroatoms. The number of carbonyl (C=O) groups is 2. The Bertz CT molecular complexity index is 997. The molecule has 5 nitrogen and oxygen atoms in total. The van der Waals surface area contributed by atoms with Crippen LogP contribution in [0.3, 0.4) is 0 Å². The van der Waals surface area contributed by atoms with Crippen molar-refractivity contribution >= 4 is 11.6 Å². The molecule has 8 atom stereocenters. The lowest BCUT2D eigenvalue weighted by molar-refractivity contribution is -0.164. The number of Topliss-reactive ketones (excluding diaryl/α,β-unsaturated/α-hetero) is 1. The standard InChI is InChI=1S/C27H32O5/c1-25-14-22(32-17-6-4-3-5-7-17)20(28)12-16(25)8-9-18-19-10-11-27(30,23-15-31-23)26(19,2)13-21(29)24(18)25/h3-7,12,18-19,22-24,30H,8-11,13-15H2,1-2H3/t18-,19-,22?,23?,24+,25-,26-,27-/m0/s1. The Balaban J connectivity index is 1.33. The van der Waals surface area contributed by atoms with E-state index in [1.165, 1.54) is 0 Å². The average Bonchev–Trinajstić information content (AvgIpc) is 3.56. The van der Waals surface area contributed by atoms with Gasteiger partial charge in [-0.1, -0.05) is 37.6 Å². The number of fused-ring (bicyclic) bond motifs is 5. The van der Waals surface area contributed by atoms with Gasteiger partial charge >= 0.3 is 0 Å². The zero-order valence-corrected chi connectivity index (χ0v) is 18.9. The van der Waals surface area contributed by atoms with E-state index >= 15 is 0 Å². The number of rotatable bonds is 3. The Labute approximate surface area is 189 Å². The normalized spacial score (nSPS) is 47.2. The van der Waals surface area contributed by atoms with Crippen LogP contribution in [0.1, 0.15) is 52.4 Å². The number of epoxide rings is 1. The molecule has 0 bridgehead atoms. The third-order valence-electron chi connectivity index (χ3n) is 9.77. The fraction of sp³-hybridized carbons (Fsp3) is 0.630. The van der Waals surface area contributed by atoms with Crippen LogP contribution in [0.4, 0.5) is 0 Å². The van der Waals surface area contributed by atoms with Gasteiger partial charge in [0.25, 0.3) is 0 Å². The van der Waals surface area contributed by atoms with Crippen LogP contribution in [-0.2, 0) is 14.3 Å². The first-order chi connectivity index (χ1) is 15.3. The highest BCUT2D eigenvalue weighted by molar-refractivity contribution is 5.96. The molecule has 1 aromatic carbocycles. The summed E-state index contributed by atoms with van der Waals surface area (Å²) in [7, 11) is 0. The van der Waals surface area contributed by atoms with Gasteiger partial charge in [-0.15, -0.1) is 0 Å². The summed E-state index contributed by atoms with van der Waals surface area (Å²) in [5, 5.41) is 11.6. The molecule has 6 rings (SSSR count). The van der Waals surface area contributed by atoms with Crippen LogP contribution in [-0.4, -0.2) is 41.1 Å². The number of hydrogen-bond acceptors (Lipinski definition) is 5. The van der Waals surface area contributed by atoms with Crippen molar-refractivity contribution in [2.45, 2.75) is 70.2 Å². The van der Waals surface area contributed by atoms with Crippen LogP contribution < -0.4 is 4.74 Å². The van der Waals surface area contributed by atoms with E-state index in [-0.39, 0.29) is 34.9 Å². The summed E-state index contributed by atoms with van der Waals surface area (Å²) in [6.07, 6.45) is 5.45. The molecule has 1 N–H and O–H groups in total. The van der Waals surface area contributed by atoms with Gasteiger partial charge in [0.2, 0.25) is 0 Å². The minimum absolute atomic E-state index is 0.00833. The molecule has 0 aromatic heterocycles. The molecule has 0 spiro atoms. The quantitative estimate of drug-likeness (QED) is 0.728. The summed E-state index contributed by atoms with van der Waals surface area (Å²) >= 11 is 0. The highest BCUT2D eigenvalue weighted by atomic mass is 16.6. The second kappa shape index (κ2) is 6.77. The van der Waals surface area contributed by atoms with Crippen LogP contribution in [0.2, 0.25) is 0 Å². The zero-order chi connectivity index (χ0) is 22.3. The molecule has 4 fully saturated rings. The van der Waals surface area contributed by atoms with Crippen LogP contribution in [0.15, 0.2) is 42.0 Å². The van der Waals surface area contributed by atoms with E-state index in [1.807, 2.05) is 30.3 Å². The number of allylic oxidation sites excluding steroid dienone is 1. The highest BCUT2D eigenvalue weighted by Crippen LogP contribution is 2.68.